The van der Waals surface area contributed by atoms with Gasteiger partial charge in [-0.05, 0) is 13.3 Å². The van der Waals surface area contributed by atoms with Crippen LogP contribution in [0.1, 0.15) is 35.9 Å². The van der Waals surface area contributed by atoms with E-state index in [1.54, 1.807) is 18.7 Å². The largest absolute Gasteiger partial charge is 0.476 e. The quantitative estimate of drug-likeness (QED) is 0.644. The van der Waals surface area contributed by atoms with Gasteiger partial charge in [0.15, 0.2) is 10.0 Å². The topological polar surface area (TPSA) is 93.8 Å². The van der Waals surface area contributed by atoms with Gasteiger partial charge >= 0.3 is 5.97 Å². The van der Waals surface area contributed by atoms with Crippen LogP contribution >= 0.6 is 23.1 Å². The molecule has 2 aromatic rings. The fourth-order valence-electron chi connectivity index (χ4n) is 1.36. The Labute approximate surface area is 118 Å². The molecule has 0 radical (unpaired) electrons. The zero-order chi connectivity index (χ0) is 13.8. The second-order valence-corrected chi connectivity index (χ2v) is 6.09. The first-order chi connectivity index (χ1) is 9.13. The molecule has 0 aliphatic heterocycles. The summed E-state index contributed by atoms with van der Waals surface area (Å²) in [5.41, 5.74) is 0.393. The summed E-state index contributed by atoms with van der Waals surface area (Å²) in [6.07, 6.45) is 2.27. The Morgan fingerprint density at radius 1 is 1.42 bits per heavy atom. The molecular weight excluding hydrogens is 286 g/mol. The van der Waals surface area contributed by atoms with E-state index in [1.807, 2.05) is 0 Å². The molecule has 0 spiro atoms. The summed E-state index contributed by atoms with van der Waals surface area (Å²) in [5.74, 6) is -0.0900. The highest BCUT2D eigenvalue weighted by Gasteiger charge is 2.18. The third kappa shape index (κ3) is 3.10. The van der Waals surface area contributed by atoms with Crippen LogP contribution < -0.4 is 0 Å². The number of carboxylic acids is 1. The van der Waals surface area contributed by atoms with Gasteiger partial charge in [-0.2, -0.15) is 4.68 Å². The van der Waals surface area contributed by atoms with Gasteiger partial charge in [-0.1, -0.05) is 41.7 Å². The second-order valence-electron chi connectivity index (χ2n) is 3.79. The van der Waals surface area contributed by atoms with Gasteiger partial charge in [0.2, 0.25) is 5.13 Å². The van der Waals surface area contributed by atoms with Crippen molar-refractivity contribution in [3.63, 3.8) is 0 Å². The molecule has 0 unspecified atom stereocenters. The van der Waals surface area contributed by atoms with E-state index in [2.05, 4.69) is 27.4 Å². The lowest BCUT2D eigenvalue weighted by Crippen LogP contribution is -2.02. The molecule has 0 saturated carbocycles. The molecule has 2 heterocycles. The summed E-state index contributed by atoms with van der Waals surface area (Å²) in [6, 6.07) is 0. The lowest BCUT2D eigenvalue weighted by Gasteiger charge is -1.95. The van der Waals surface area contributed by atoms with Crippen molar-refractivity contribution >= 4 is 29.1 Å². The van der Waals surface area contributed by atoms with Crippen LogP contribution in [-0.4, -0.2) is 42.0 Å². The molecule has 0 saturated heterocycles. The van der Waals surface area contributed by atoms with Gasteiger partial charge in [0.25, 0.3) is 0 Å². The molecule has 0 aromatic carbocycles. The van der Waals surface area contributed by atoms with Crippen LogP contribution in [0.3, 0.4) is 0 Å². The van der Waals surface area contributed by atoms with Crippen molar-refractivity contribution in [3.8, 4) is 5.13 Å². The van der Waals surface area contributed by atoms with Gasteiger partial charge in [0.1, 0.15) is 0 Å². The summed E-state index contributed by atoms with van der Waals surface area (Å²) >= 11 is 3.03. The Kier molecular flexibility index (Phi) is 4.48. The Hall–Kier alpha value is -1.48. The maximum absolute atomic E-state index is 10.9. The van der Waals surface area contributed by atoms with Crippen LogP contribution in [-0.2, 0) is 0 Å². The van der Waals surface area contributed by atoms with Crippen molar-refractivity contribution in [2.75, 3.05) is 5.75 Å². The first kappa shape index (κ1) is 13.9. The Balaban J connectivity index is 2.16. The Morgan fingerprint density at radius 3 is 2.84 bits per heavy atom. The van der Waals surface area contributed by atoms with E-state index < -0.39 is 5.97 Å². The predicted octanol–water partition coefficient (Wildman–Crippen LogP) is 2.02. The zero-order valence-corrected chi connectivity index (χ0v) is 12.2. The molecule has 0 amide bonds. The number of nitrogens with zero attached hydrogens (tertiary/aromatic N) is 5. The molecule has 0 aliphatic rings. The second kappa shape index (κ2) is 6.11. The smallest absolute Gasteiger partial charge is 0.358 e. The molecule has 102 valence electrons. The van der Waals surface area contributed by atoms with E-state index in [4.69, 9.17) is 5.11 Å². The van der Waals surface area contributed by atoms with Crippen molar-refractivity contribution in [3.05, 3.63) is 11.4 Å². The van der Waals surface area contributed by atoms with Gasteiger partial charge in [0, 0.05) is 5.75 Å². The SMILES string of the molecule is CCCCSc1nnc(-n2nnc(C(=O)O)c2C)s1. The number of hydrogen-bond donors (Lipinski definition) is 1. The van der Waals surface area contributed by atoms with Crippen LogP contribution in [0, 0.1) is 6.92 Å². The molecule has 2 rings (SSSR count). The lowest BCUT2D eigenvalue weighted by atomic mass is 10.3. The van der Waals surface area contributed by atoms with E-state index in [0.717, 1.165) is 22.9 Å². The van der Waals surface area contributed by atoms with Crippen molar-refractivity contribution in [1.82, 2.24) is 25.2 Å². The lowest BCUT2D eigenvalue weighted by molar-refractivity contribution is 0.0689. The molecule has 0 bridgehead atoms. The maximum Gasteiger partial charge on any atom is 0.358 e. The summed E-state index contributed by atoms with van der Waals surface area (Å²) < 4.78 is 2.26. The fraction of sp³-hybridized carbons (Fsp3) is 0.500. The average molecular weight is 299 g/mol. The number of rotatable bonds is 6. The molecule has 9 heteroatoms. The van der Waals surface area contributed by atoms with Crippen molar-refractivity contribution in [2.24, 2.45) is 0 Å². The van der Waals surface area contributed by atoms with E-state index in [-0.39, 0.29) is 5.69 Å². The van der Waals surface area contributed by atoms with Crippen LogP contribution in [0.2, 0.25) is 0 Å². The van der Waals surface area contributed by atoms with Gasteiger partial charge in [-0.25, -0.2) is 4.79 Å². The van der Waals surface area contributed by atoms with Gasteiger partial charge in [-0.15, -0.1) is 15.3 Å². The molecule has 0 fully saturated rings. The van der Waals surface area contributed by atoms with Crippen molar-refractivity contribution in [2.45, 2.75) is 31.0 Å². The number of hydrogen-bond acceptors (Lipinski definition) is 7. The normalized spacial score (nSPS) is 10.8. The van der Waals surface area contributed by atoms with Crippen LogP contribution in [0.15, 0.2) is 4.34 Å². The third-order valence-electron chi connectivity index (χ3n) is 2.40. The minimum Gasteiger partial charge on any atom is -0.476 e. The van der Waals surface area contributed by atoms with Crippen LogP contribution in [0.4, 0.5) is 0 Å². The van der Waals surface area contributed by atoms with Crippen LogP contribution in [0.25, 0.3) is 5.13 Å². The number of aromatic carboxylic acids is 1. The predicted molar refractivity (Wildman–Crippen MR) is 72.2 cm³/mol. The summed E-state index contributed by atoms with van der Waals surface area (Å²) in [7, 11) is 0. The molecule has 2 aromatic heterocycles. The Bertz CT molecular complexity index is 580. The molecule has 0 atom stereocenters. The van der Waals surface area contributed by atoms with Crippen molar-refractivity contribution in [1.29, 1.82) is 0 Å². The number of unbranched alkanes of at least 4 members (excludes halogenated alkanes) is 1. The van der Waals surface area contributed by atoms with E-state index in [0.29, 0.717) is 10.8 Å². The minimum absolute atomic E-state index is 0.0598. The zero-order valence-electron chi connectivity index (χ0n) is 10.5. The number of carboxylic acid groups (broad SMARTS) is 1. The monoisotopic (exact) mass is 299 g/mol. The average Bonchev–Trinajstić information content (AvgIpc) is 2.96. The van der Waals surface area contributed by atoms with E-state index in [9.17, 15) is 4.79 Å². The highest BCUT2D eigenvalue weighted by Crippen LogP contribution is 2.25. The number of carbonyl (C=O) groups is 1. The summed E-state index contributed by atoms with van der Waals surface area (Å²) in [6.45, 7) is 3.78. The molecular formula is C10H13N5O2S2. The number of aromatic nitrogens is 5. The van der Waals surface area contributed by atoms with Gasteiger partial charge in [-0.3, -0.25) is 0 Å². The minimum atomic E-state index is -1.09. The molecule has 1 N–H and O–H groups in total. The maximum atomic E-state index is 10.9. The standard InChI is InChI=1S/C10H13N5O2S2/c1-3-4-5-18-10-13-12-9(19-10)15-6(2)7(8(16)17)11-14-15/h3-5H2,1-2H3,(H,16,17). The van der Waals surface area contributed by atoms with E-state index >= 15 is 0 Å². The van der Waals surface area contributed by atoms with Gasteiger partial charge in [0.05, 0.1) is 5.69 Å². The highest BCUT2D eigenvalue weighted by molar-refractivity contribution is 8.01. The van der Waals surface area contributed by atoms with Crippen molar-refractivity contribution < 1.29 is 9.90 Å². The molecule has 0 aliphatic carbocycles. The van der Waals surface area contributed by atoms with Crippen LogP contribution in [0.5, 0.6) is 0 Å². The first-order valence-corrected chi connectivity index (χ1v) is 7.56. The Morgan fingerprint density at radius 2 is 2.21 bits per heavy atom. The summed E-state index contributed by atoms with van der Waals surface area (Å²) in [4.78, 5) is 10.9. The van der Waals surface area contributed by atoms with E-state index in [1.165, 1.54) is 16.0 Å². The number of thioether (sulfide) groups is 1. The molecule has 19 heavy (non-hydrogen) atoms. The molecule has 7 nitrogen and oxygen atoms in total. The van der Waals surface area contributed by atoms with Gasteiger partial charge < -0.3 is 5.11 Å². The first-order valence-electron chi connectivity index (χ1n) is 5.75. The summed E-state index contributed by atoms with van der Waals surface area (Å²) in [5, 5.41) is 25.0. The third-order valence-corrected chi connectivity index (χ3v) is 4.52. The highest BCUT2D eigenvalue weighted by atomic mass is 32.2. The fourth-order valence-corrected chi connectivity index (χ4v) is 3.35.